The van der Waals surface area contributed by atoms with Crippen LogP contribution in [0.15, 0.2) is 51.8 Å². The number of ether oxygens (including phenoxy) is 1. The molecule has 0 aliphatic heterocycles. The molecule has 0 aromatic heterocycles. The van der Waals surface area contributed by atoms with Crippen LogP contribution in [0.1, 0.15) is 0 Å². The number of methoxy groups -OCH3 is 1. The molecule has 0 radical (unpaired) electrons. The van der Waals surface area contributed by atoms with Gasteiger partial charge in [-0.3, -0.25) is 4.31 Å². The van der Waals surface area contributed by atoms with Crippen LogP contribution < -0.4 is 14.8 Å². The average Bonchev–Trinajstić information content (AvgIpc) is 2.46. The maximum Gasteiger partial charge on any atom is 0.265 e. The molecule has 7 heteroatoms. The van der Waals surface area contributed by atoms with Crippen molar-refractivity contribution in [1.82, 2.24) is 0 Å². The quantitative estimate of drug-likeness (QED) is 0.839. The Kier molecular flexibility index (Phi) is 4.43. The number of benzene rings is 2. The first-order chi connectivity index (χ1) is 9.86. The molecular formula is C14H15BrN2O3S. The minimum absolute atomic E-state index is 0.162. The van der Waals surface area contributed by atoms with Crippen molar-refractivity contribution in [2.75, 3.05) is 24.2 Å². The lowest BCUT2D eigenvalue weighted by Gasteiger charge is -2.20. The maximum atomic E-state index is 12.6. The third kappa shape index (κ3) is 3.14. The Morgan fingerprint density at radius 2 is 1.76 bits per heavy atom. The third-order valence-corrected chi connectivity index (χ3v) is 5.79. The van der Waals surface area contributed by atoms with Gasteiger partial charge in [0.05, 0.1) is 12.8 Å². The van der Waals surface area contributed by atoms with Crippen molar-refractivity contribution in [1.29, 1.82) is 0 Å². The normalized spacial score (nSPS) is 11.2. The fourth-order valence-electron chi connectivity index (χ4n) is 1.80. The van der Waals surface area contributed by atoms with Crippen LogP contribution >= 0.6 is 15.9 Å². The van der Waals surface area contributed by atoms with E-state index in [9.17, 15) is 8.42 Å². The number of halogens is 1. The molecule has 5 nitrogen and oxygen atoms in total. The average molecular weight is 371 g/mol. The first kappa shape index (κ1) is 15.7. The van der Waals surface area contributed by atoms with Crippen LogP contribution in [0.25, 0.3) is 0 Å². The summed E-state index contributed by atoms with van der Waals surface area (Å²) in [5, 5.41) is 0. The molecule has 0 unspecified atom stereocenters. The van der Waals surface area contributed by atoms with E-state index in [1.54, 1.807) is 43.5 Å². The summed E-state index contributed by atoms with van der Waals surface area (Å²) in [6, 6.07) is 11.4. The topological polar surface area (TPSA) is 72.6 Å². The van der Waals surface area contributed by atoms with E-state index >= 15 is 0 Å². The van der Waals surface area contributed by atoms with E-state index in [4.69, 9.17) is 10.5 Å². The summed E-state index contributed by atoms with van der Waals surface area (Å²) in [7, 11) is -0.613. The van der Waals surface area contributed by atoms with Gasteiger partial charge in [0, 0.05) is 17.2 Å². The van der Waals surface area contributed by atoms with Crippen molar-refractivity contribution < 1.29 is 13.2 Å². The molecule has 2 rings (SSSR count). The van der Waals surface area contributed by atoms with E-state index in [0.29, 0.717) is 21.6 Å². The molecule has 0 aliphatic carbocycles. The van der Waals surface area contributed by atoms with E-state index < -0.39 is 10.0 Å². The summed E-state index contributed by atoms with van der Waals surface area (Å²) < 4.78 is 32.0. The van der Waals surface area contributed by atoms with Crippen LogP contribution in [0, 0.1) is 0 Å². The summed E-state index contributed by atoms with van der Waals surface area (Å²) in [6.07, 6.45) is 0. The number of nitrogens with zero attached hydrogens (tertiary/aromatic N) is 1. The SMILES string of the molecule is COc1ccc(N(C)S(=O)(=O)c2ccc(N)cc2Br)cc1. The van der Waals surface area contributed by atoms with E-state index in [2.05, 4.69) is 15.9 Å². The molecule has 0 heterocycles. The number of rotatable bonds is 4. The molecule has 0 aliphatic rings. The van der Waals surface area contributed by atoms with Crippen molar-refractivity contribution >= 4 is 37.3 Å². The van der Waals surface area contributed by atoms with Gasteiger partial charge in [0.1, 0.15) is 10.6 Å². The zero-order valence-corrected chi connectivity index (χ0v) is 14.0. The van der Waals surface area contributed by atoms with Crippen LogP contribution in [0.5, 0.6) is 5.75 Å². The largest absolute Gasteiger partial charge is 0.497 e. The Labute approximate surface area is 132 Å². The van der Waals surface area contributed by atoms with Gasteiger partial charge < -0.3 is 10.5 Å². The van der Waals surface area contributed by atoms with Gasteiger partial charge in [-0.1, -0.05) is 0 Å². The zero-order valence-electron chi connectivity index (χ0n) is 11.6. The lowest BCUT2D eigenvalue weighted by Crippen LogP contribution is -2.26. The van der Waals surface area contributed by atoms with Gasteiger partial charge in [-0.25, -0.2) is 8.42 Å². The lowest BCUT2D eigenvalue weighted by atomic mass is 10.3. The number of anilines is 2. The Bertz CT molecular complexity index is 745. The van der Waals surface area contributed by atoms with E-state index in [-0.39, 0.29) is 4.90 Å². The predicted octanol–water partition coefficient (Wildman–Crippen LogP) is 2.87. The van der Waals surface area contributed by atoms with Crippen molar-refractivity contribution in [3.63, 3.8) is 0 Å². The highest BCUT2D eigenvalue weighted by atomic mass is 79.9. The molecule has 21 heavy (non-hydrogen) atoms. The molecule has 0 saturated heterocycles. The second-order valence-corrected chi connectivity index (χ2v) is 7.15. The second-order valence-electron chi connectivity index (χ2n) is 4.36. The van der Waals surface area contributed by atoms with Crippen LogP contribution in [0.3, 0.4) is 0 Å². The molecular weight excluding hydrogens is 356 g/mol. The molecule has 0 saturated carbocycles. The van der Waals surface area contributed by atoms with Gasteiger partial charge in [0.2, 0.25) is 0 Å². The van der Waals surface area contributed by atoms with Gasteiger partial charge in [0.15, 0.2) is 0 Å². The lowest BCUT2D eigenvalue weighted by molar-refractivity contribution is 0.415. The molecule has 2 aromatic rings. The zero-order chi connectivity index (χ0) is 15.6. The van der Waals surface area contributed by atoms with Crippen LogP contribution in [-0.2, 0) is 10.0 Å². The minimum Gasteiger partial charge on any atom is -0.497 e. The predicted molar refractivity (Wildman–Crippen MR) is 87.1 cm³/mol. The molecule has 0 fully saturated rings. The molecule has 0 bridgehead atoms. The molecule has 0 spiro atoms. The van der Waals surface area contributed by atoms with Crippen molar-refractivity contribution in [3.05, 3.63) is 46.9 Å². The summed E-state index contributed by atoms with van der Waals surface area (Å²) in [5.41, 5.74) is 6.67. The summed E-state index contributed by atoms with van der Waals surface area (Å²) in [4.78, 5) is 0.162. The Morgan fingerprint density at radius 1 is 1.14 bits per heavy atom. The van der Waals surface area contributed by atoms with Crippen LogP contribution in [0.4, 0.5) is 11.4 Å². The van der Waals surface area contributed by atoms with Gasteiger partial charge in [-0.2, -0.15) is 0 Å². The number of hydrogen-bond donors (Lipinski definition) is 1. The van der Waals surface area contributed by atoms with Crippen molar-refractivity contribution in [2.24, 2.45) is 0 Å². The molecule has 0 atom stereocenters. The molecule has 2 N–H and O–H groups in total. The first-order valence-corrected chi connectivity index (χ1v) is 8.27. The van der Waals surface area contributed by atoms with Crippen molar-refractivity contribution in [2.45, 2.75) is 4.90 Å². The molecule has 0 amide bonds. The number of sulfonamides is 1. The monoisotopic (exact) mass is 370 g/mol. The van der Waals surface area contributed by atoms with E-state index in [0.717, 1.165) is 0 Å². The summed E-state index contributed by atoms with van der Waals surface area (Å²) >= 11 is 3.24. The van der Waals surface area contributed by atoms with Gasteiger partial charge >= 0.3 is 0 Å². The van der Waals surface area contributed by atoms with E-state index in [1.807, 2.05) is 0 Å². The highest BCUT2D eigenvalue weighted by molar-refractivity contribution is 9.10. The molecule has 2 aromatic carbocycles. The van der Waals surface area contributed by atoms with Gasteiger partial charge in [-0.05, 0) is 58.4 Å². The Hall–Kier alpha value is -1.73. The number of nitrogens with two attached hydrogens (primary N) is 1. The van der Waals surface area contributed by atoms with Crippen molar-refractivity contribution in [3.8, 4) is 5.75 Å². The van der Waals surface area contributed by atoms with Crippen LogP contribution in [-0.4, -0.2) is 22.6 Å². The standard InChI is InChI=1S/C14H15BrN2O3S/c1-17(11-4-6-12(20-2)7-5-11)21(18,19)14-8-3-10(16)9-13(14)15/h3-9H,16H2,1-2H3. The fraction of sp³-hybridized carbons (Fsp3) is 0.143. The Morgan fingerprint density at radius 3 is 2.29 bits per heavy atom. The Balaban J connectivity index is 2.42. The van der Waals surface area contributed by atoms with E-state index in [1.165, 1.54) is 17.4 Å². The van der Waals surface area contributed by atoms with Crippen LogP contribution in [0.2, 0.25) is 0 Å². The second kappa shape index (κ2) is 5.95. The van der Waals surface area contributed by atoms with Gasteiger partial charge in [0.25, 0.3) is 10.0 Å². The van der Waals surface area contributed by atoms with Gasteiger partial charge in [-0.15, -0.1) is 0 Å². The summed E-state index contributed by atoms with van der Waals surface area (Å²) in [5.74, 6) is 0.665. The first-order valence-electron chi connectivity index (χ1n) is 6.04. The minimum atomic E-state index is -3.67. The summed E-state index contributed by atoms with van der Waals surface area (Å²) in [6.45, 7) is 0. The number of nitrogen functional groups attached to an aromatic ring is 1. The molecule has 112 valence electrons. The smallest absolute Gasteiger partial charge is 0.265 e. The third-order valence-electron chi connectivity index (χ3n) is 3.03. The maximum absolute atomic E-state index is 12.6. The number of hydrogen-bond acceptors (Lipinski definition) is 4. The fourth-order valence-corrected chi connectivity index (χ4v) is 4.05. The highest BCUT2D eigenvalue weighted by Gasteiger charge is 2.23. The highest BCUT2D eigenvalue weighted by Crippen LogP contribution is 2.29.